The van der Waals surface area contributed by atoms with Crippen molar-refractivity contribution < 1.29 is 9.47 Å². The van der Waals surface area contributed by atoms with Crippen LogP contribution in [0.2, 0.25) is 0 Å². The molecule has 0 radical (unpaired) electrons. The van der Waals surface area contributed by atoms with E-state index in [1.165, 1.54) is 5.56 Å². The molecule has 3 rings (SSSR count). The summed E-state index contributed by atoms with van der Waals surface area (Å²) in [4.78, 5) is 4.50. The number of ether oxygens (including phenoxy) is 2. The van der Waals surface area contributed by atoms with Gasteiger partial charge in [0.05, 0.1) is 19.7 Å². The molecule has 0 fully saturated rings. The van der Waals surface area contributed by atoms with Crippen LogP contribution in [0.4, 0.5) is 0 Å². The van der Waals surface area contributed by atoms with Crippen LogP contribution in [-0.2, 0) is 0 Å². The van der Waals surface area contributed by atoms with Gasteiger partial charge in [0.2, 0.25) is 0 Å². The molecule has 3 nitrogen and oxygen atoms in total. The maximum atomic E-state index is 5.51. The lowest BCUT2D eigenvalue weighted by Crippen LogP contribution is -1.91. The van der Waals surface area contributed by atoms with Crippen molar-refractivity contribution in [3.05, 3.63) is 42.1 Å². The number of hydrogen-bond donors (Lipinski definition) is 0. The van der Waals surface area contributed by atoms with Gasteiger partial charge in [-0.25, -0.2) is 0 Å². The van der Waals surface area contributed by atoms with Crippen LogP contribution in [-0.4, -0.2) is 19.2 Å². The standard InChI is InChI=1S/C16H15NO2/c1-10-6-7-17-16-12-5-4-11(18-2)8-14(12)15(19-3)9-13(10)16/h4-9H,1-3H3. The van der Waals surface area contributed by atoms with Gasteiger partial charge in [-0.2, -0.15) is 0 Å². The van der Waals surface area contributed by atoms with Crippen LogP contribution < -0.4 is 9.47 Å². The SMILES string of the molecule is COc1ccc2c(c1)c(OC)cc1c(C)ccnc12. The maximum Gasteiger partial charge on any atom is 0.127 e. The molecule has 0 aliphatic rings. The van der Waals surface area contributed by atoms with E-state index < -0.39 is 0 Å². The number of methoxy groups -OCH3 is 2. The lowest BCUT2D eigenvalue weighted by atomic mass is 10.0. The van der Waals surface area contributed by atoms with Crippen LogP contribution in [0.15, 0.2) is 36.5 Å². The van der Waals surface area contributed by atoms with Crippen molar-refractivity contribution >= 4 is 21.7 Å². The minimum Gasteiger partial charge on any atom is -0.497 e. The van der Waals surface area contributed by atoms with Gasteiger partial charge in [0, 0.05) is 22.4 Å². The molecule has 2 aromatic carbocycles. The summed E-state index contributed by atoms with van der Waals surface area (Å²) < 4.78 is 10.8. The van der Waals surface area contributed by atoms with E-state index in [4.69, 9.17) is 9.47 Å². The van der Waals surface area contributed by atoms with E-state index in [-0.39, 0.29) is 0 Å². The normalized spacial score (nSPS) is 10.9. The van der Waals surface area contributed by atoms with Gasteiger partial charge in [-0.1, -0.05) is 0 Å². The summed E-state index contributed by atoms with van der Waals surface area (Å²) >= 11 is 0. The topological polar surface area (TPSA) is 31.4 Å². The highest BCUT2D eigenvalue weighted by atomic mass is 16.5. The Morgan fingerprint density at radius 2 is 1.74 bits per heavy atom. The van der Waals surface area contributed by atoms with Gasteiger partial charge in [-0.15, -0.1) is 0 Å². The Labute approximate surface area is 111 Å². The van der Waals surface area contributed by atoms with Gasteiger partial charge >= 0.3 is 0 Å². The summed E-state index contributed by atoms with van der Waals surface area (Å²) in [7, 11) is 3.35. The minimum absolute atomic E-state index is 0.817. The zero-order chi connectivity index (χ0) is 13.4. The highest BCUT2D eigenvalue weighted by molar-refractivity contribution is 6.09. The Morgan fingerprint density at radius 1 is 0.895 bits per heavy atom. The van der Waals surface area contributed by atoms with E-state index in [0.29, 0.717) is 0 Å². The lowest BCUT2D eigenvalue weighted by Gasteiger charge is -2.11. The molecule has 96 valence electrons. The van der Waals surface area contributed by atoms with Gasteiger partial charge in [0.15, 0.2) is 0 Å². The monoisotopic (exact) mass is 253 g/mol. The molecule has 0 unspecified atom stereocenters. The van der Waals surface area contributed by atoms with Crippen molar-refractivity contribution in [2.75, 3.05) is 14.2 Å². The van der Waals surface area contributed by atoms with Gasteiger partial charge < -0.3 is 9.47 Å². The van der Waals surface area contributed by atoms with Crippen LogP contribution in [0.25, 0.3) is 21.7 Å². The Balaban J connectivity index is 2.50. The third-order valence-corrected chi connectivity index (χ3v) is 3.45. The lowest BCUT2D eigenvalue weighted by molar-refractivity contribution is 0.412. The van der Waals surface area contributed by atoms with Crippen molar-refractivity contribution in [2.24, 2.45) is 0 Å². The smallest absolute Gasteiger partial charge is 0.127 e. The van der Waals surface area contributed by atoms with Gasteiger partial charge in [0.1, 0.15) is 11.5 Å². The summed E-state index contributed by atoms with van der Waals surface area (Å²) in [6.07, 6.45) is 1.84. The van der Waals surface area contributed by atoms with Crippen molar-refractivity contribution in [3.8, 4) is 11.5 Å². The number of fused-ring (bicyclic) bond motifs is 3. The first kappa shape index (κ1) is 11.8. The second kappa shape index (κ2) is 4.43. The van der Waals surface area contributed by atoms with Crippen molar-refractivity contribution in [1.82, 2.24) is 4.98 Å². The molecule has 1 heterocycles. The molecule has 19 heavy (non-hydrogen) atoms. The van der Waals surface area contributed by atoms with E-state index >= 15 is 0 Å². The highest BCUT2D eigenvalue weighted by Gasteiger charge is 2.10. The average molecular weight is 253 g/mol. The predicted molar refractivity (Wildman–Crippen MR) is 77.1 cm³/mol. The molecule has 0 spiro atoms. The van der Waals surface area contributed by atoms with Crippen molar-refractivity contribution in [2.45, 2.75) is 6.92 Å². The van der Waals surface area contributed by atoms with Gasteiger partial charge in [0.25, 0.3) is 0 Å². The molecular weight excluding hydrogens is 238 g/mol. The number of benzene rings is 2. The van der Waals surface area contributed by atoms with E-state index in [1.54, 1.807) is 14.2 Å². The molecule has 3 aromatic rings. The number of rotatable bonds is 2. The number of aromatic nitrogens is 1. The van der Waals surface area contributed by atoms with Crippen LogP contribution in [0, 0.1) is 6.92 Å². The average Bonchev–Trinajstić information content (AvgIpc) is 2.46. The quantitative estimate of drug-likeness (QED) is 0.652. The fraction of sp³-hybridized carbons (Fsp3) is 0.188. The van der Waals surface area contributed by atoms with E-state index in [1.807, 2.05) is 36.5 Å². The van der Waals surface area contributed by atoms with Crippen LogP contribution >= 0.6 is 0 Å². The fourth-order valence-electron chi connectivity index (χ4n) is 2.40. The fourth-order valence-corrected chi connectivity index (χ4v) is 2.40. The van der Waals surface area contributed by atoms with Gasteiger partial charge in [-0.3, -0.25) is 4.98 Å². The van der Waals surface area contributed by atoms with Crippen molar-refractivity contribution in [1.29, 1.82) is 0 Å². The molecule has 1 aromatic heterocycles. The van der Waals surface area contributed by atoms with Crippen LogP contribution in [0.1, 0.15) is 5.56 Å². The summed E-state index contributed by atoms with van der Waals surface area (Å²) in [6.45, 7) is 2.08. The first-order chi connectivity index (χ1) is 9.24. The Kier molecular flexibility index (Phi) is 2.75. The Hall–Kier alpha value is -2.29. The summed E-state index contributed by atoms with van der Waals surface area (Å²) in [5.74, 6) is 1.66. The number of hydrogen-bond acceptors (Lipinski definition) is 3. The van der Waals surface area contributed by atoms with Crippen LogP contribution in [0.3, 0.4) is 0 Å². The summed E-state index contributed by atoms with van der Waals surface area (Å²) in [5.41, 5.74) is 2.19. The van der Waals surface area contributed by atoms with Crippen LogP contribution in [0.5, 0.6) is 11.5 Å². The molecular formula is C16H15NO2. The zero-order valence-corrected chi connectivity index (χ0v) is 11.2. The first-order valence-electron chi connectivity index (χ1n) is 6.14. The molecule has 0 amide bonds. The highest BCUT2D eigenvalue weighted by Crippen LogP contribution is 2.35. The molecule has 0 N–H and O–H groups in total. The van der Waals surface area contributed by atoms with E-state index in [9.17, 15) is 0 Å². The largest absolute Gasteiger partial charge is 0.497 e. The molecule has 0 atom stereocenters. The molecule has 0 saturated heterocycles. The summed E-state index contributed by atoms with van der Waals surface area (Å²) in [5, 5.41) is 3.23. The third-order valence-electron chi connectivity index (χ3n) is 3.45. The van der Waals surface area contributed by atoms with E-state index in [2.05, 4.69) is 11.9 Å². The van der Waals surface area contributed by atoms with Gasteiger partial charge in [-0.05, 0) is 42.8 Å². The molecule has 3 heteroatoms. The number of pyridine rings is 1. The predicted octanol–water partition coefficient (Wildman–Crippen LogP) is 3.71. The minimum atomic E-state index is 0.817. The Bertz CT molecular complexity index is 765. The summed E-state index contributed by atoms with van der Waals surface area (Å²) in [6, 6.07) is 10.0. The molecule has 0 saturated carbocycles. The number of nitrogens with zero attached hydrogens (tertiary/aromatic N) is 1. The first-order valence-corrected chi connectivity index (χ1v) is 6.14. The molecule has 0 bridgehead atoms. The third kappa shape index (κ3) is 1.78. The maximum absolute atomic E-state index is 5.51. The van der Waals surface area contributed by atoms with E-state index in [0.717, 1.165) is 33.2 Å². The molecule has 0 aliphatic heterocycles. The second-order valence-corrected chi connectivity index (χ2v) is 4.51. The molecule has 0 aliphatic carbocycles. The second-order valence-electron chi connectivity index (χ2n) is 4.51. The Morgan fingerprint density at radius 3 is 2.47 bits per heavy atom. The van der Waals surface area contributed by atoms with Crippen molar-refractivity contribution in [3.63, 3.8) is 0 Å². The number of aryl methyl sites for hydroxylation is 1. The zero-order valence-electron chi connectivity index (χ0n) is 11.2.